The van der Waals surface area contributed by atoms with Crippen LogP contribution in [-0.4, -0.2) is 29.9 Å². The molecule has 1 atom stereocenters. The summed E-state index contributed by atoms with van der Waals surface area (Å²) in [7, 11) is 0. The SMILES string of the molecule is CCOC(=O)CC[C@@H](NC(C)(C)C)C(=O)C(C)(C)C. The van der Waals surface area contributed by atoms with Gasteiger partial charge in [-0.05, 0) is 34.1 Å². The summed E-state index contributed by atoms with van der Waals surface area (Å²) in [4.78, 5) is 23.8. The Morgan fingerprint density at radius 2 is 1.63 bits per heavy atom. The normalized spacial score (nSPS) is 14.1. The van der Waals surface area contributed by atoms with Crippen molar-refractivity contribution in [2.45, 2.75) is 72.9 Å². The maximum atomic E-state index is 12.4. The zero-order valence-corrected chi connectivity index (χ0v) is 13.4. The van der Waals surface area contributed by atoms with E-state index in [0.29, 0.717) is 13.0 Å². The van der Waals surface area contributed by atoms with Crippen LogP contribution in [-0.2, 0) is 14.3 Å². The van der Waals surface area contributed by atoms with Crippen molar-refractivity contribution in [3.05, 3.63) is 0 Å². The van der Waals surface area contributed by atoms with Crippen LogP contribution in [0, 0.1) is 5.41 Å². The highest BCUT2D eigenvalue weighted by atomic mass is 16.5. The van der Waals surface area contributed by atoms with Crippen molar-refractivity contribution in [3.63, 3.8) is 0 Å². The summed E-state index contributed by atoms with van der Waals surface area (Å²) in [6.07, 6.45) is 0.746. The molecule has 0 heterocycles. The first-order valence-corrected chi connectivity index (χ1v) is 6.95. The third kappa shape index (κ3) is 7.98. The lowest BCUT2D eigenvalue weighted by Crippen LogP contribution is -2.51. The molecule has 0 fully saturated rings. The van der Waals surface area contributed by atoms with Crippen LogP contribution in [0.2, 0.25) is 0 Å². The number of hydrogen-bond acceptors (Lipinski definition) is 4. The predicted molar refractivity (Wildman–Crippen MR) is 77.0 cm³/mol. The highest BCUT2D eigenvalue weighted by Crippen LogP contribution is 2.20. The molecule has 0 radical (unpaired) electrons. The van der Waals surface area contributed by atoms with Gasteiger partial charge in [0.1, 0.15) is 0 Å². The van der Waals surface area contributed by atoms with Crippen molar-refractivity contribution in [2.75, 3.05) is 6.61 Å². The van der Waals surface area contributed by atoms with Crippen molar-refractivity contribution in [3.8, 4) is 0 Å². The van der Waals surface area contributed by atoms with Crippen molar-refractivity contribution in [1.29, 1.82) is 0 Å². The van der Waals surface area contributed by atoms with Gasteiger partial charge in [-0.1, -0.05) is 20.8 Å². The molecule has 0 aliphatic rings. The van der Waals surface area contributed by atoms with E-state index in [-0.39, 0.29) is 29.8 Å². The van der Waals surface area contributed by atoms with E-state index in [4.69, 9.17) is 4.74 Å². The standard InChI is InChI=1S/C15H29NO3/c1-8-19-12(17)10-9-11(16-15(5,6)7)13(18)14(2,3)4/h11,16H,8-10H2,1-7H3/t11-/m1/s1. The van der Waals surface area contributed by atoms with Gasteiger partial charge in [-0.15, -0.1) is 0 Å². The third-order valence-electron chi connectivity index (χ3n) is 2.61. The third-order valence-corrected chi connectivity index (χ3v) is 2.61. The first-order valence-electron chi connectivity index (χ1n) is 6.95. The van der Waals surface area contributed by atoms with Crippen LogP contribution in [0.5, 0.6) is 0 Å². The summed E-state index contributed by atoms with van der Waals surface area (Å²) in [5.41, 5.74) is -0.586. The van der Waals surface area contributed by atoms with Crippen LogP contribution in [0.15, 0.2) is 0 Å². The van der Waals surface area contributed by atoms with Crippen molar-refractivity contribution in [1.82, 2.24) is 5.32 Å². The van der Waals surface area contributed by atoms with E-state index in [2.05, 4.69) is 5.32 Å². The van der Waals surface area contributed by atoms with Crippen LogP contribution in [0.1, 0.15) is 61.3 Å². The Kier molecular flexibility index (Phi) is 6.70. The molecule has 0 aliphatic carbocycles. The number of ether oxygens (including phenoxy) is 1. The van der Waals surface area contributed by atoms with Crippen LogP contribution in [0.3, 0.4) is 0 Å². The first kappa shape index (κ1) is 18.1. The summed E-state index contributed by atoms with van der Waals surface area (Å²) in [6, 6.07) is -0.315. The number of nitrogens with one attached hydrogen (secondary N) is 1. The summed E-state index contributed by atoms with van der Waals surface area (Å²) >= 11 is 0. The van der Waals surface area contributed by atoms with Crippen molar-refractivity contribution >= 4 is 11.8 Å². The monoisotopic (exact) mass is 271 g/mol. The fourth-order valence-corrected chi connectivity index (χ4v) is 1.81. The number of hydrogen-bond donors (Lipinski definition) is 1. The average Bonchev–Trinajstić information content (AvgIpc) is 2.20. The molecule has 4 heteroatoms. The number of rotatable bonds is 6. The summed E-state index contributed by atoms with van der Waals surface area (Å²) < 4.78 is 4.91. The molecule has 0 spiro atoms. The van der Waals surface area contributed by atoms with Gasteiger partial charge >= 0.3 is 5.97 Å². The number of Topliss-reactive ketones (excluding diaryl/α,β-unsaturated/α-hetero) is 1. The minimum absolute atomic E-state index is 0.131. The lowest BCUT2D eigenvalue weighted by atomic mass is 9.84. The number of carbonyl (C=O) groups is 2. The van der Waals surface area contributed by atoms with E-state index in [0.717, 1.165) is 0 Å². The molecule has 0 aromatic rings. The number of carbonyl (C=O) groups excluding carboxylic acids is 2. The number of esters is 1. The fraction of sp³-hybridized carbons (Fsp3) is 0.867. The lowest BCUT2D eigenvalue weighted by molar-refractivity contribution is -0.143. The molecule has 0 bridgehead atoms. The van der Waals surface area contributed by atoms with Crippen LogP contribution in [0.4, 0.5) is 0 Å². The van der Waals surface area contributed by atoms with Gasteiger partial charge in [0.2, 0.25) is 0 Å². The summed E-state index contributed by atoms with van der Waals surface area (Å²) in [5.74, 6) is -0.114. The molecule has 0 unspecified atom stereocenters. The molecule has 112 valence electrons. The largest absolute Gasteiger partial charge is 0.466 e. The zero-order chi connectivity index (χ0) is 15.3. The molecule has 0 saturated carbocycles. The van der Waals surface area contributed by atoms with E-state index >= 15 is 0 Å². The highest BCUT2D eigenvalue weighted by molar-refractivity contribution is 5.89. The maximum absolute atomic E-state index is 12.4. The molecule has 0 saturated heterocycles. The minimum atomic E-state index is -0.419. The van der Waals surface area contributed by atoms with Gasteiger partial charge in [0.05, 0.1) is 12.6 Å². The molecule has 0 amide bonds. The van der Waals surface area contributed by atoms with E-state index in [1.165, 1.54) is 0 Å². The predicted octanol–water partition coefficient (Wildman–Crippen LogP) is 2.70. The lowest BCUT2D eigenvalue weighted by Gasteiger charge is -2.31. The smallest absolute Gasteiger partial charge is 0.305 e. The van der Waals surface area contributed by atoms with Gasteiger partial charge in [-0.3, -0.25) is 9.59 Å². The first-order chi connectivity index (χ1) is 8.47. The Hall–Kier alpha value is -0.900. The Morgan fingerprint density at radius 3 is 2.00 bits per heavy atom. The Morgan fingerprint density at radius 1 is 1.11 bits per heavy atom. The van der Waals surface area contributed by atoms with Crippen molar-refractivity contribution in [2.24, 2.45) is 5.41 Å². The van der Waals surface area contributed by atoms with Gasteiger partial charge in [0, 0.05) is 17.4 Å². The molecule has 0 aromatic heterocycles. The second-order valence-corrected chi connectivity index (χ2v) is 6.90. The van der Waals surface area contributed by atoms with Gasteiger partial charge in [0.15, 0.2) is 5.78 Å². The van der Waals surface area contributed by atoms with Gasteiger partial charge < -0.3 is 10.1 Å². The van der Waals surface area contributed by atoms with Crippen molar-refractivity contribution < 1.29 is 14.3 Å². The molecule has 1 N–H and O–H groups in total. The Labute approximate surface area is 117 Å². The van der Waals surface area contributed by atoms with Gasteiger partial charge in [-0.25, -0.2) is 0 Å². The molecular weight excluding hydrogens is 242 g/mol. The fourth-order valence-electron chi connectivity index (χ4n) is 1.81. The molecule has 0 aliphatic heterocycles. The molecule has 0 rings (SSSR count). The second-order valence-electron chi connectivity index (χ2n) is 6.90. The van der Waals surface area contributed by atoms with E-state index in [1.807, 2.05) is 41.5 Å². The minimum Gasteiger partial charge on any atom is -0.466 e. The second kappa shape index (κ2) is 7.04. The van der Waals surface area contributed by atoms with Crippen LogP contribution in [0.25, 0.3) is 0 Å². The van der Waals surface area contributed by atoms with E-state index < -0.39 is 5.41 Å². The van der Waals surface area contributed by atoms with E-state index in [1.54, 1.807) is 6.92 Å². The quantitative estimate of drug-likeness (QED) is 0.755. The maximum Gasteiger partial charge on any atom is 0.305 e. The van der Waals surface area contributed by atoms with E-state index in [9.17, 15) is 9.59 Å². The molecular formula is C15H29NO3. The zero-order valence-electron chi connectivity index (χ0n) is 13.4. The van der Waals surface area contributed by atoms with Crippen LogP contribution < -0.4 is 5.32 Å². The van der Waals surface area contributed by atoms with Gasteiger partial charge in [0.25, 0.3) is 0 Å². The number of ketones is 1. The molecule has 19 heavy (non-hydrogen) atoms. The summed E-state index contributed by atoms with van der Waals surface area (Å²) in [6.45, 7) is 13.9. The Balaban J connectivity index is 4.70. The topological polar surface area (TPSA) is 55.4 Å². The Bertz CT molecular complexity index is 310. The highest BCUT2D eigenvalue weighted by Gasteiger charge is 2.32. The summed E-state index contributed by atoms with van der Waals surface area (Å²) in [5, 5.41) is 3.30. The van der Waals surface area contributed by atoms with Crippen LogP contribution >= 0.6 is 0 Å². The molecule has 4 nitrogen and oxygen atoms in total. The average molecular weight is 271 g/mol. The molecule has 0 aromatic carbocycles. The van der Waals surface area contributed by atoms with Gasteiger partial charge in [-0.2, -0.15) is 0 Å².